The molecule has 20 heavy (non-hydrogen) atoms. The van der Waals surface area contributed by atoms with Gasteiger partial charge in [-0.05, 0) is 13.0 Å². The minimum atomic E-state index is 0. The summed E-state index contributed by atoms with van der Waals surface area (Å²) in [4.78, 5) is 8.03. The molecule has 8 heteroatoms. The minimum absolute atomic E-state index is 0. The topological polar surface area (TPSA) is 72.5 Å². The van der Waals surface area contributed by atoms with Crippen LogP contribution in [0.5, 0.6) is 5.88 Å². The Bertz CT molecular complexity index is 483. The van der Waals surface area contributed by atoms with Gasteiger partial charge in [0, 0.05) is 6.20 Å². The van der Waals surface area contributed by atoms with Gasteiger partial charge in [0.1, 0.15) is 11.6 Å². The Balaban J connectivity index is 0.00000361. The summed E-state index contributed by atoms with van der Waals surface area (Å²) in [5, 5.41) is 3.74. The summed E-state index contributed by atoms with van der Waals surface area (Å²) < 4.78 is 5.38. The van der Waals surface area contributed by atoms with Crippen LogP contribution in [0.15, 0.2) is 29.4 Å². The molecule has 0 fully saturated rings. The maximum absolute atomic E-state index is 5.91. The average Bonchev–Trinajstić information content (AvgIpc) is 2.34. The number of rotatable bonds is 6. The van der Waals surface area contributed by atoms with Gasteiger partial charge in [-0.3, -0.25) is 0 Å². The lowest BCUT2D eigenvalue weighted by Gasteiger charge is -2.08. The molecule has 0 aromatic carbocycles. The molecule has 0 spiro atoms. The third kappa shape index (κ3) is 7.76. The lowest BCUT2D eigenvalue weighted by molar-refractivity contribution is 0.310. The third-order valence-corrected chi connectivity index (χ3v) is 2.42. The molecular weight excluding hydrogens is 414 g/mol. The molecule has 0 atom stereocenters. The first-order valence-corrected chi connectivity index (χ1v) is 6.36. The molecule has 0 saturated heterocycles. The van der Waals surface area contributed by atoms with Gasteiger partial charge in [-0.15, -0.1) is 24.0 Å². The van der Waals surface area contributed by atoms with Crippen LogP contribution in [-0.2, 0) is 0 Å². The van der Waals surface area contributed by atoms with Gasteiger partial charge in [-0.2, -0.15) is 0 Å². The smallest absolute Gasteiger partial charge is 0.232 e. The molecule has 1 rings (SSSR count). The monoisotopic (exact) mass is 430 g/mol. The predicted molar refractivity (Wildman–Crippen MR) is 94.5 cm³/mol. The summed E-state index contributed by atoms with van der Waals surface area (Å²) in [7, 11) is 0. The highest BCUT2D eigenvalue weighted by Crippen LogP contribution is 2.24. The van der Waals surface area contributed by atoms with Crippen molar-refractivity contribution in [2.45, 2.75) is 6.92 Å². The van der Waals surface area contributed by atoms with E-state index < -0.39 is 0 Å². The summed E-state index contributed by atoms with van der Waals surface area (Å²) >= 11 is 11.6. The van der Waals surface area contributed by atoms with E-state index in [2.05, 4.69) is 21.9 Å². The first-order chi connectivity index (χ1) is 8.99. The number of nitrogens with zero attached hydrogens (tertiary/aromatic N) is 2. The van der Waals surface area contributed by atoms with E-state index in [9.17, 15) is 0 Å². The number of aliphatic imine (C=N–C) groups is 1. The Kier molecular flexibility index (Phi) is 9.70. The second-order valence-electron chi connectivity index (χ2n) is 3.87. The molecule has 5 nitrogen and oxygen atoms in total. The maximum Gasteiger partial charge on any atom is 0.232 e. The number of hydrogen-bond donors (Lipinski definition) is 2. The van der Waals surface area contributed by atoms with Gasteiger partial charge in [0.15, 0.2) is 5.96 Å². The van der Waals surface area contributed by atoms with Gasteiger partial charge in [-0.1, -0.05) is 35.4 Å². The van der Waals surface area contributed by atoms with Crippen LogP contribution in [0.1, 0.15) is 6.92 Å². The second kappa shape index (κ2) is 10.1. The van der Waals surface area contributed by atoms with Crippen LogP contribution in [0, 0.1) is 0 Å². The van der Waals surface area contributed by atoms with Crippen molar-refractivity contribution in [3.05, 3.63) is 34.5 Å². The minimum Gasteiger partial charge on any atom is -0.475 e. The quantitative estimate of drug-likeness (QED) is 0.239. The molecule has 0 aliphatic rings. The lowest BCUT2D eigenvalue weighted by atomic mass is 10.4. The van der Waals surface area contributed by atoms with E-state index in [-0.39, 0.29) is 24.0 Å². The van der Waals surface area contributed by atoms with Crippen LogP contribution in [-0.4, -0.2) is 30.6 Å². The summed E-state index contributed by atoms with van der Waals surface area (Å²) in [6.07, 6.45) is 1.47. The Hall–Kier alpha value is -0.730. The highest BCUT2D eigenvalue weighted by molar-refractivity contribution is 14.0. The van der Waals surface area contributed by atoms with Gasteiger partial charge >= 0.3 is 0 Å². The van der Waals surface area contributed by atoms with E-state index in [0.717, 1.165) is 5.57 Å². The normalized spacial score (nSPS) is 10.7. The number of halogens is 3. The number of hydrogen-bond acceptors (Lipinski definition) is 3. The number of guanidine groups is 1. The van der Waals surface area contributed by atoms with Crippen LogP contribution in [0.2, 0.25) is 10.0 Å². The maximum atomic E-state index is 5.91. The van der Waals surface area contributed by atoms with Crippen LogP contribution >= 0.6 is 47.2 Å². The summed E-state index contributed by atoms with van der Waals surface area (Å²) in [6, 6.07) is 1.57. The largest absolute Gasteiger partial charge is 0.475 e. The van der Waals surface area contributed by atoms with Crippen molar-refractivity contribution in [1.29, 1.82) is 0 Å². The Morgan fingerprint density at radius 1 is 1.55 bits per heavy atom. The van der Waals surface area contributed by atoms with Crippen molar-refractivity contribution < 1.29 is 4.74 Å². The van der Waals surface area contributed by atoms with E-state index in [1.165, 1.54) is 6.20 Å². The molecule has 0 aliphatic carbocycles. The van der Waals surface area contributed by atoms with E-state index in [1.807, 2.05) is 6.92 Å². The predicted octanol–water partition coefficient (Wildman–Crippen LogP) is 2.87. The van der Waals surface area contributed by atoms with Gasteiger partial charge in [-0.25, -0.2) is 9.98 Å². The molecular formula is C12H17Cl2IN4O. The van der Waals surface area contributed by atoms with E-state index in [0.29, 0.717) is 41.6 Å². The molecule has 112 valence electrons. The SMILES string of the molecule is C=C(C)CN=C(N)NCCOc1ncc(Cl)cc1Cl.I. The average molecular weight is 431 g/mol. The van der Waals surface area contributed by atoms with Crippen molar-refractivity contribution in [1.82, 2.24) is 10.3 Å². The van der Waals surface area contributed by atoms with Gasteiger partial charge in [0.25, 0.3) is 0 Å². The standard InChI is InChI=1S/C12H16Cl2N4O.HI/c1-8(2)6-18-12(15)16-3-4-19-11-10(14)5-9(13)7-17-11;/h5,7H,1,3-4,6H2,2H3,(H3,15,16,18);1H. The Morgan fingerprint density at radius 2 is 2.25 bits per heavy atom. The molecule has 0 radical (unpaired) electrons. The summed E-state index contributed by atoms with van der Waals surface area (Å²) in [5.74, 6) is 0.687. The first-order valence-electron chi connectivity index (χ1n) is 5.61. The van der Waals surface area contributed by atoms with Gasteiger partial charge < -0.3 is 15.8 Å². The highest BCUT2D eigenvalue weighted by atomic mass is 127. The zero-order chi connectivity index (χ0) is 14.3. The molecule has 0 aliphatic heterocycles. The molecule has 0 amide bonds. The van der Waals surface area contributed by atoms with E-state index >= 15 is 0 Å². The summed E-state index contributed by atoms with van der Waals surface area (Å²) in [5.41, 5.74) is 6.58. The molecule has 0 bridgehead atoms. The van der Waals surface area contributed by atoms with Crippen LogP contribution in [0.3, 0.4) is 0 Å². The summed E-state index contributed by atoms with van der Waals surface area (Å²) in [6.45, 7) is 6.97. The fourth-order valence-corrected chi connectivity index (χ4v) is 1.55. The van der Waals surface area contributed by atoms with Crippen LogP contribution in [0.25, 0.3) is 0 Å². The van der Waals surface area contributed by atoms with Crippen molar-refractivity contribution in [2.24, 2.45) is 10.7 Å². The molecule has 0 unspecified atom stereocenters. The van der Waals surface area contributed by atoms with Gasteiger partial charge in [0.05, 0.1) is 18.1 Å². The number of ether oxygens (including phenoxy) is 1. The first kappa shape index (κ1) is 19.3. The number of pyridine rings is 1. The third-order valence-electron chi connectivity index (χ3n) is 1.94. The van der Waals surface area contributed by atoms with E-state index in [4.69, 9.17) is 33.7 Å². The van der Waals surface area contributed by atoms with Gasteiger partial charge in [0.2, 0.25) is 5.88 Å². The fraction of sp³-hybridized carbons (Fsp3) is 0.333. The molecule has 1 heterocycles. The van der Waals surface area contributed by atoms with Crippen LogP contribution in [0.4, 0.5) is 0 Å². The van der Waals surface area contributed by atoms with Crippen LogP contribution < -0.4 is 15.8 Å². The highest BCUT2D eigenvalue weighted by Gasteiger charge is 2.03. The van der Waals surface area contributed by atoms with E-state index in [1.54, 1.807) is 6.07 Å². The zero-order valence-electron chi connectivity index (χ0n) is 11.0. The Morgan fingerprint density at radius 3 is 2.85 bits per heavy atom. The van der Waals surface area contributed by atoms with Crippen molar-refractivity contribution in [2.75, 3.05) is 19.7 Å². The van der Waals surface area contributed by atoms with Crippen molar-refractivity contribution >= 4 is 53.1 Å². The second-order valence-corrected chi connectivity index (χ2v) is 4.72. The van der Waals surface area contributed by atoms with Crippen molar-refractivity contribution in [3.63, 3.8) is 0 Å². The molecule has 1 aromatic heterocycles. The fourth-order valence-electron chi connectivity index (χ4n) is 1.11. The number of nitrogens with two attached hydrogens (primary N) is 1. The number of aromatic nitrogens is 1. The Labute approximate surface area is 145 Å². The molecule has 3 N–H and O–H groups in total. The lowest BCUT2D eigenvalue weighted by Crippen LogP contribution is -2.35. The number of nitrogens with one attached hydrogen (secondary N) is 1. The van der Waals surface area contributed by atoms with Crippen molar-refractivity contribution in [3.8, 4) is 5.88 Å². The zero-order valence-corrected chi connectivity index (χ0v) is 14.9. The molecule has 1 aromatic rings. The molecule has 0 saturated carbocycles.